The van der Waals surface area contributed by atoms with Crippen LogP contribution in [0.4, 0.5) is 5.69 Å². The number of ether oxygens (including phenoxy) is 1. The standard InChI is InChI=1S/C25H24ClN5O2S/c1-17(24(32)28-21-9-6-15-27-22(21)26)34-25-30-29-23(19-10-12-20(33-2)13-11-19)31(25)16-14-18-7-4-3-5-8-18/h3-13,15,17H,14,16H2,1-2H3,(H,28,32). The van der Waals surface area contributed by atoms with Crippen LogP contribution in [0.2, 0.25) is 5.15 Å². The molecule has 174 valence electrons. The minimum Gasteiger partial charge on any atom is -0.497 e. The first-order chi connectivity index (χ1) is 16.5. The lowest BCUT2D eigenvalue weighted by molar-refractivity contribution is -0.115. The maximum absolute atomic E-state index is 12.8. The highest BCUT2D eigenvalue weighted by Gasteiger charge is 2.22. The lowest BCUT2D eigenvalue weighted by Gasteiger charge is -2.14. The number of amides is 1. The minimum absolute atomic E-state index is 0.191. The number of carbonyl (C=O) groups is 1. The fourth-order valence-electron chi connectivity index (χ4n) is 3.34. The third-order valence-corrected chi connectivity index (χ3v) is 6.58. The SMILES string of the molecule is COc1ccc(-c2nnc(SC(C)C(=O)Nc3cccnc3Cl)n2CCc2ccccc2)cc1. The monoisotopic (exact) mass is 493 g/mol. The smallest absolute Gasteiger partial charge is 0.237 e. The Morgan fingerprint density at radius 1 is 1.09 bits per heavy atom. The van der Waals surface area contributed by atoms with Crippen LogP contribution in [0.1, 0.15) is 12.5 Å². The Morgan fingerprint density at radius 2 is 1.85 bits per heavy atom. The van der Waals surface area contributed by atoms with Gasteiger partial charge in [-0.3, -0.25) is 4.79 Å². The van der Waals surface area contributed by atoms with Crippen molar-refractivity contribution in [1.82, 2.24) is 19.7 Å². The Kier molecular flexibility index (Phi) is 7.82. The van der Waals surface area contributed by atoms with E-state index in [-0.39, 0.29) is 11.1 Å². The van der Waals surface area contributed by atoms with Crippen LogP contribution in [0.15, 0.2) is 78.1 Å². The molecule has 7 nitrogen and oxygen atoms in total. The van der Waals surface area contributed by atoms with Gasteiger partial charge in [0.1, 0.15) is 5.75 Å². The molecule has 0 fully saturated rings. The molecule has 0 saturated carbocycles. The summed E-state index contributed by atoms with van der Waals surface area (Å²) in [5.74, 6) is 1.32. The van der Waals surface area contributed by atoms with Crippen LogP contribution in [-0.2, 0) is 17.8 Å². The third kappa shape index (κ3) is 5.76. The quantitative estimate of drug-likeness (QED) is 0.249. The van der Waals surface area contributed by atoms with Crippen LogP contribution < -0.4 is 10.1 Å². The zero-order chi connectivity index (χ0) is 23.9. The number of pyridine rings is 1. The van der Waals surface area contributed by atoms with Gasteiger partial charge in [0.2, 0.25) is 5.91 Å². The fourth-order valence-corrected chi connectivity index (χ4v) is 4.38. The van der Waals surface area contributed by atoms with Crippen molar-refractivity contribution >= 4 is 35.0 Å². The molecule has 0 aliphatic rings. The molecule has 0 radical (unpaired) electrons. The lowest BCUT2D eigenvalue weighted by Crippen LogP contribution is -2.23. The number of hydrogen-bond acceptors (Lipinski definition) is 6. The molecule has 1 N–H and O–H groups in total. The normalized spacial score (nSPS) is 11.7. The summed E-state index contributed by atoms with van der Waals surface area (Å²) in [6.07, 6.45) is 2.38. The highest BCUT2D eigenvalue weighted by Crippen LogP contribution is 2.29. The number of benzene rings is 2. The molecule has 0 saturated heterocycles. The molecule has 34 heavy (non-hydrogen) atoms. The largest absolute Gasteiger partial charge is 0.497 e. The number of aromatic nitrogens is 4. The summed E-state index contributed by atoms with van der Waals surface area (Å²) < 4.78 is 7.33. The molecule has 0 bridgehead atoms. The Hall–Kier alpha value is -3.36. The van der Waals surface area contributed by atoms with Gasteiger partial charge >= 0.3 is 0 Å². The van der Waals surface area contributed by atoms with E-state index in [9.17, 15) is 4.79 Å². The van der Waals surface area contributed by atoms with E-state index in [1.165, 1.54) is 17.3 Å². The van der Waals surface area contributed by atoms with Gasteiger partial charge in [-0.1, -0.05) is 53.7 Å². The van der Waals surface area contributed by atoms with E-state index in [1.807, 2.05) is 49.4 Å². The summed E-state index contributed by atoms with van der Waals surface area (Å²) in [6.45, 7) is 2.50. The molecule has 2 aromatic heterocycles. The average Bonchev–Trinajstić information content (AvgIpc) is 3.27. The van der Waals surface area contributed by atoms with Crippen molar-refractivity contribution in [3.05, 3.63) is 83.6 Å². The number of nitrogens with zero attached hydrogens (tertiary/aromatic N) is 4. The molecule has 1 atom stereocenters. The van der Waals surface area contributed by atoms with Crippen molar-refractivity contribution in [2.75, 3.05) is 12.4 Å². The first-order valence-corrected chi connectivity index (χ1v) is 12.0. The van der Waals surface area contributed by atoms with Crippen molar-refractivity contribution in [3.63, 3.8) is 0 Å². The average molecular weight is 494 g/mol. The van der Waals surface area contributed by atoms with E-state index in [0.29, 0.717) is 17.4 Å². The van der Waals surface area contributed by atoms with Gasteiger partial charge in [0.05, 0.1) is 18.0 Å². The number of rotatable bonds is 9. The predicted octanol–water partition coefficient (Wildman–Crippen LogP) is 5.36. The zero-order valence-corrected chi connectivity index (χ0v) is 20.4. The lowest BCUT2D eigenvalue weighted by atomic mass is 10.1. The number of aryl methyl sites for hydroxylation is 1. The van der Waals surface area contributed by atoms with E-state index in [4.69, 9.17) is 16.3 Å². The highest BCUT2D eigenvalue weighted by molar-refractivity contribution is 8.00. The van der Waals surface area contributed by atoms with Gasteiger partial charge in [0, 0.05) is 18.3 Å². The van der Waals surface area contributed by atoms with Crippen molar-refractivity contribution < 1.29 is 9.53 Å². The first-order valence-electron chi connectivity index (χ1n) is 10.7. The Balaban J connectivity index is 1.57. The molecule has 2 heterocycles. The summed E-state index contributed by atoms with van der Waals surface area (Å²) >= 11 is 7.43. The Bertz CT molecular complexity index is 1250. The number of nitrogens with one attached hydrogen (secondary N) is 1. The van der Waals surface area contributed by atoms with Gasteiger partial charge < -0.3 is 14.6 Å². The molecule has 4 rings (SSSR count). The molecule has 2 aromatic carbocycles. The number of carbonyl (C=O) groups excluding carboxylic acids is 1. The highest BCUT2D eigenvalue weighted by atomic mass is 35.5. The number of halogens is 1. The molecule has 0 aliphatic heterocycles. The summed E-state index contributed by atoms with van der Waals surface area (Å²) in [4.78, 5) is 16.8. The molecule has 1 unspecified atom stereocenters. The molecule has 1 amide bonds. The number of anilines is 1. The van der Waals surface area contributed by atoms with Crippen LogP contribution in [0, 0.1) is 0 Å². The maximum Gasteiger partial charge on any atom is 0.237 e. The Labute approximate surface area is 207 Å². The zero-order valence-electron chi connectivity index (χ0n) is 18.8. The van der Waals surface area contributed by atoms with Gasteiger partial charge in [-0.25, -0.2) is 4.98 Å². The summed E-state index contributed by atoms with van der Waals surface area (Å²) in [6, 6.07) is 21.4. The second-order valence-electron chi connectivity index (χ2n) is 7.51. The maximum atomic E-state index is 12.8. The topological polar surface area (TPSA) is 81.9 Å². The molecular weight excluding hydrogens is 470 g/mol. The second kappa shape index (κ2) is 11.2. The molecule has 4 aromatic rings. The summed E-state index contributed by atoms with van der Waals surface area (Å²) in [5.41, 5.74) is 2.61. The van der Waals surface area contributed by atoms with E-state index in [1.54, 1.807) is 25.4 Å². The summed E-state index contributed by atoms with van der Waals surface area (Å²) in [7, 11) is 1.64. The van der Waals surface area contributed by atoms with Crippen molar-refractivity contribution in [2.24, 2.45) is 0 Å². The first kappa shape index (κ1) is 23.8. The van der Waals surface area contributed by atoms with Crippen LogP contribution in [0.25, 0.3) is 11.4 Å². The third-order valence-electron chi connectivity index (χ3n) is 5.20. The van der Waals surface area contributed by atoms with Crippen LogP contribution in [0.5, 0.6) is 5.75 Å². The van der Waals surface area contributed by atoms with E-state index in [0.717, 1.165) is 23.6 Å². The van der Waals surface area contributed by atoms with E-state index in [2.05, 4.69) is 37.2 Å². The number of methoxy groups -OCH3 is 1. The predicted molar refractivity (Wildman–Crippen MR) is 135 cm³/mol. The summed E-state index contributed by atoms with van der Waals surface area (Å²) in [5, 5.41) is 12.2. The number of thioether (sulfide) groups is 1. The van der Waals surface area contributed by atoms with Crippen molar-refractivity contribution in [3.8, 4) is 17.1 Å². The van der Waals surface area contributed by atoms with Crippen molar-refractivity contribution in [2.45, 2.75) is 30.3 Å². The Morgan fingerprint density at radius 3 is 2.56 bits per heavy atom. The van der Waals surface area contributed by atoms with Gasteiger partial charge in [-0.05, 0) is 55.3 Å². The number of hydrogen-bond donors (Lipinski definition) is 1. The van der Waals surface area contributed by atoms with E-state index >= 15 is 0 Å². The molecular formula is C25H24ClN5O2S. The van der Waals surface area contributed by atoms with Crippen molar-refractivity contribution in [1.29, 1.82) is 0 Å². The van der Waals surface area contributed by atoms with Gasteiger partial charge in [-0.2, -0.15) is 0 Å². The van der Waals surface area contributed by atoms with Crippen LogP contribution in [0.3, 0.4) is 0 Å². The van der Waals surface area contributed by atoms with Gasteiger partial charge in [0.25, 0.3) is 0 Å². The molecule has 9 heteroatoms. The van der Waals surface area contributed by atoms with E-state index < -0.39 is 5.25 Å². The minimum atomic E-state index is -0.431. The molecule has 0 aliphatic carbocycles. The van der Waals surface area contributed by atoms with Crippen LogP contribution in [-0.4, -0.2) is 38.0 Å². The second-order valence-corrected chi connectivity index (χ2v) is 9.18. The van der Waals surface area contributed by atoms with Crippen LogP contribution >= 0.6 is 23.4 Å². The fraction of sp³-hybridized carbons (Fsp3) is 0.200. The van der Waals surface area contributed by atoms with Gasteiger partial charge in [-0.15, -0.1) is 10.2 Å². The van der Waals surface area contributed by atoms with Gasteiger partial charge in [0.15, 0.2) is 16.1 Å². The molecule has 0 spiro atoms.